The number of amides is 1. The van der Waals surface area contributed by atoms with Crippen LogP contribution in [0.1, 0.15) is 30.1 Å². The minimum atomic E-state index is -0.352. The maximum absolute atomic E-state index is 13.6. The van der Waals surface area contributed by atoms with Gasteiger partial charge in [-0.1, -0.05) is 18.2 Å². The van der Waals surface area contributed by atoms with Crippen molar-refractivity contribution in [2.75, 3.05) is 7.05 Å². The first kappa shape index (κ1) is 13.7. The van der Waals surface area contributed by atoms with E-state index in [1.54, 1.807) is 24.2 Å². The predicted molar refractivity (Wildman–Crippen MR) is 78.0 cm³/mol. The van der Waals surface area contributed by atoms with Gasteiger partial charge in [0.15, 0.2) is 0 Å². The Kier molecular flexibility index (Phi) is 3.69. The molecule has 1 aromatic heterocycles. The fraction of sp³-hybridized carbons (Fsp3) is 0.294. The van der Waals surface area contributed by atoms with Crippen molar-refractivity contribution < 1.29 is 9.18 Å². The van der Waals surface area contributed by atoms with Gasteiger partial charge in [0.1, 0.15) is 5.82 Å². The molecule has 1 amide bonds. The summed E-state index contributed by atoms with van der Waals surface area (Å²) in [7, 11) is 1.77. The quantitative estimate of drug-likeness (QED) is 0.864. The lowest BCUT2D eigenvalue weighted by molar-refractivity contribution is -0.132. The van der Waals surface area contributed by atoms with Gasteiger partial charge >= 0.3 is 0 Å². The SMILES string of the molecule is CN(C(=O)C1CC1)C(c1cccc(F)c1)c1ccccn1. The molecule has 0 aliphatic heterocycles. The van der Waals surface area contributed by atoms with Crippen LogP contribution in [-0.2, 0) is 4.79 Å². The molecule has 1 heterocycles. The van der Waals surface area contributed by atoms with Gasteiger partial charge in [-0.05, 0) is 42.7 Å². The summed E-state index contributed by atoms with van der Waals surface area (Å²) < 4.78 is 13.6. The van der Waals surface area contributed by atoms with E-state index in [0.717, 1.165) is 24.1 Å². The molecule has 4 heteroatoms. The van der Waals surface area contributed by atoms with Crippen LogP contribution in [-0.4, -0.2) is 22.8 Å². The van der Waals surface area contributed by atoms with E-state index in [1.165, 1.54) is 12.1 Å². The molecule has 1 unspecified atom stereocenters. The third kappa shape index (κ3) is 2.94. The molecule has 3 rings (SSSR count). The lowest BCUT2D eigenvalue weighted by Crippen LogP contribution is -2.33. The van der Waals surface area contributed by atoms with Gasteiger partial charge < -0.3 is 4.90 Å². The fourth-order valence-corrected chi connectivity index (χ4v) is 2.55. The van der Waals surface area contributed by atoms with Crippen LogP contribution >= 0.6 is 0 Å². The van der Waals surface area contributed by atoms with Crippen LogP contribution in [0.4, 0.5) is 4.39 Å². The van der Waals surface area contributed by atoms with Crippen LogP contribution in [0.25, 0.3) is 0 Å². The van der Waals surface area contributed by atoms with Gasteiger partial charge in [0.2, 0.25) is 5.91 Å². The molecule has 1 aliphatic carbocycles. The molecular weight excluding hydrogens is 267 g/mol. The normalized spacial score (nSPS) is 15.5. The lowest BCUT2D eigenvalue weighted by atomic mass is 10.0. The highest BCUT2D eigenvalue weighted by atomic mass is 19.1. The molecule has 0 spiro atoms. The first-order valence-corrected chi connectivity index (χ1v) is 7.10. The lowest BCUT2D eigenvalue weighted by Gasteiger charge is -2.28. The molecule has 1 aliphatic rings. The molecule has 1 aromatic carbocycles. The largest absolute Gasteiger partial charge is 0.333 e. The molecular formula is C17H17FN2O. The number of hydrogen-bond acceptors (Lipinski definition) is 2. The minimum absolute atomic E-state index is 0.106. The number of benzene rings is 1. The van der Waals surface area contributed by atoms with Crippen molar-refractivity contribution >= 4 is 5.91 Å². The number of rotatable bonds is 4. The van der Waals surface area contributed by atoms with Crippen LogP contribution in [0.2, 0.25) is 0 Å². The first-order chi connectivity index (χ1) is 10.2. The Balaban J connectivity index is 2.00. The van der Waals surface area contributed by atoms with Gasteiger partial charge in [-0.15, -0.1) is 0 Å². The van der Waals surface area contributed by atoms with Gasteiger partial charge in [0.25, 0.3) is 0 Å². The molecule has 108 valence electrons. The smallest absolute Gasteiger partial charge is 0.226 e. The highest BCUT2D eigenvalue weighted by Crippen LogP contribution is 2.35. The van der Waals surface area contributed by atoms with Gasteiger partial charge in [-0.3, -0.25) is 9.78 Å². The zero-order chi connectivity index (χ0) is 14.8. The summed E-state index contributed by atoms with van der Waals surface area (Å²) in [5.74, 6) is -0.0783. The molecule has 0 N–H and O–H groups in total. The highest BCUT2D eigenvalue weighted by Gasteiger charge is 2.35. The van der Waals surface area contributed by atoms with Crippen molar-refractivity contribution in [2.24, 2.45) is 5.92 Å². The van der Waals surface area contributed by atoms with E-state index in [4.69, 9.17) is 0 Å². The number of pyridine rings is 1. The van der Waals surface area contributed by atoms with E-state index >= 15 is 0 Å². The van der Waals surface area contributed by atoms with Crippen molar-refractivity contribution in [3.8, 4) is 0 Å². The summed E-state index contributed by atoms with van der Waals surface area (Å²) in [5.41, 5.74) is 1.49. The second kappa shape index (κ2) is 5.64. The fourth-order valence-electron chi connectivity index (χ4n) is 2.55. The van der Waals surface area contributed by atoms with Crippen molar-refractivity contribution in [1.29, 1.82) is 0 Å². The molecule has 3 nitrogen and oxygen atoms in total. The average molecular weight is 284 g/mol. The minimum Gasteiger partial charge on any atom is -0.333 e. The topological polar surface area (TPSA) is 33.2 Å². The Bertz CT molecular complexity index is 640. The average Bonchev–Trinajstić information content (AvgIpc) is 3.32. The molecule has 1 atom stereocenters. The Morgan fingerprint density at radius 3 is 2.71 bits per heavy atom. The van der Waals surface area contributed by atoms with Crippen molar-refractivity contribution in [2.45, 2.75) is 18.9 Å². The second-order valence-electron chi connectivity index (χ2n) is 5.44. The molecule has 0 radical (unpaired) electrons. The zero-order valence-electron chi connectivity index (χ0n) is 11.9. The summed E-state index contributed by atoms with van der Waals surface area (Å²) in [6, 6.07) is 11.6. The molecule has 21 heavy (non-hydrogen) atoms. The summed E-state index contributed by atoms with van der Waals surface area (Å²) >= 11 is 0. The van der Waals surface area contributed by atoms with E-state index in [-0.39, 0.29) is 23.7 Å². The third-order valence-corrected chi connectivity index (χ3v) is 3.79. The van der Waals surface area contributed by atoms with E-state index in [2.05, 4.69) is 4.98 Å². The molecule has 1 saturated carbocycles. The second-order valence-corrected chi connectivity index (χ2v) is 5.44. The Labute approximate surface area is 123 Å². The highest BCUT2D eigenvalue weighted by molar-refractivity contribution is 5.81. The number of carbonyl (C=O) groups is 1. The van der Waals surface area contributed by atoms with E-state index in [9.17, 15) is 9.18 Å². The first-order valence-electron chi connectivity index (χ1n) is 7.10. The standard InChI is InChI=1S/C17H17FN2O/c1-20(17(21)12-8-9-12)16(15-7-2-3-10-19-15)13-5-4-6-14(18)11-13/h2-7,10-12,16H,8-9H2,1H3. The zero-order valence-corrected chi connectivity index (χ0v) is 11.9. The van der Waals surface area contributed by atoms with Crippen LogP contribution < -0.4 is 0 Å². The summed E-state index contributed by atoms with van der Waals surface area (Å²) in [6.07, 6.45) is 3.58. The Morgan fingerprint density at radius 2 is 2.10 bits per heavy atom. The van der Waals surface area contributed by atoms with Crippen molar-refractivity contribution in [3.63, 3.8) is 0 Å². The number of hydrogen-bond donors (Lipinski definition) is 0. The van der Waals surface area contributed by atoms with Crippen LogP contribution in [0.3, 0.4) is 0 Å². The number of nitrogens with zero attached hydrogens (tertiary/aromatic N) is 2. The maximum Gasteiger partial charge on any atom is 0.226 e. The van der Waals surface area contributed by atoms with E-state index < -0.39 is 0 Å². The van der Waals surface area contributed by atoms with Crippen molar-refractivity contribution in [1.82, 2.24) is 9.88 Å². The van der Waals surface area contributed by atoms with Gasteiger partial charge in [-0.2, -0.15) is 0 Å². The van der Waals surface area contributed by atoms with Crippen LogP contribution in [0.15, 0.2) is 48.7 Å². The Hall–Kier alpha value is -2.23. The Morgan fingerprint density at radius 1 is 1.29 bits per heavy atom. The number of carbonyl (C=O) groups excluding carboxylic acids is 1. The van der Waals surface area contributed by atoms with Crippen LogP contribution in [0, 0.1) is 11.7 Å². The number of halogens is 1. The molecule has 0 saturated heterocycles. The number of aromatic nitrogens is 1. The van der Waals surface area contributed by atoms with Gasteiger partial charge in [0, 0.05) is 19.2 Å². The summed E-state index contributed by atoms with van der Waals surface area (Å²) in [5, 5.41) is 0. The van der Waals surface area contributed by atoms with E-state index in [1.807, 2.05) is 24.3 Å². The van der Waals surface area contributed by atoms with Gasteiger partial charge in [0.05, 0.1) is 11.7 Å². The summed E-state index contributed by atoms with van der Waals surface area (Å²) in [6.45, 7) is 0. The molecule has 1 fully saturated rings. The van der Waals surface area contributed by atoms with E-state index in [0.29, 0.717) is 0 Å². The monoisotopic (exact) mass is 284 g/mol. The van der Waals surface area contributed by atoms with Gasteiger partial charge in [-0.25, -0.2) is 4.39 Å². The molecule has 0 bridgehead atoms. The van der Waals surface area contributed by atoms with Crippen LogP contribution in [0.5, 0.6) is 0 Å². The summed E-state index contributed by atoms with van der Waals surface area (Å²) in [4.78, 5) is 18.4. The predicted octanol–water partition coefficient (Wildman–Crippen LogP) is 3.18. The molecule has 2 aromatic rings. The van der Waals surface area contributed by atoms with Crippen molar-refractivity contribution in [3.05, 3.63) is 65.7 Å². The maximum atomic E-state index is 13.6. The third-order valence-electron chi connectivity index (χ3n) is 3.79.